The Morgan fingerprint density at radius 3 is 2.62 bits per heavy atom. The van der Waals surface area contributed by atoms with E-state index in [1.54, 1.807) is 11.3 Å². The number of aromatic nitrogens is 1. The molecule has 2 atom stereocenters. The van der Waals surface area contributed by atoms with Gasteiger partial charge in [0.15, 0.2) is 0 Å². The lowest BCUT2D eigenvalue weighted by Gasteiger charge is -2.34. The van der Waals surface area contributed by atoms with Crippen molar-refractivity contribution in [3.8, 4) is 0 Å². The van der Waals surface area contributed by atoms with Gasteiger partial charge in [0.25, 0.3) is 0 Å². The molecule has 118 valence electrons. The third-order valence-electron chi connectivity index (χ3n) is 3.92. The lowest BCUT2D eigenvalue weighted by molar-refractivity contribution is -0.136. The van der Waals surface area contributed by atoms with Crippen molar-refractivity contribution < 1.29 is 9.90 Å². The number of thiazole rings is 1. The number of carboxylic acids is 1. The van der Waals surface area contributed by atoms with Crippen LogP contribution in [0, 0.1) is 11.8 Å². The first-order valence-electron chi connectivity index (χ1n) is 7.89. The van der Waals surface area contributed by atoms with Crippen LogP contribution in [0.4, 0.5) is 0 Å². The first-order valence-corrected chi connectivity index (χ1v) is 8.71. The second-order valence-electron chi connectivity index (χ2n) is 6.44. The molecule has 4 nitrogen and oxygen atoms in total. The SMILES string of the molecule is CCCc1nc(CC(=O)O)c(CN2CC(C)CC(C)C2)s1. The van der Waals surface area contributed by atoms with E-state index in [4.69, 9.17) is 5.11 Å². The van der Waals surface area contributed by atoms with Crippen LogP contribution in [0.3, 0.4) is 0 Å². The van der Waals surface area contributed by atoms with E-state index in [0.29, 0.717) is 0 Å². The first kappa shape index (κ1) is 16.4. The molecule has 0 saturated carbocycles. The largest absolute Gasteiger partial charge is 0.481 e. The summed E-state index contributed by atoms with van der Waals surface area (Å²) in [5, 5.41) is 10.2. The van der Waals surface area contributed by atoms with Crippen LogP contribution in [0.1, 0.15) is 49.2 Å². The Labute approximate surface area is 131 Å². The average molecular weight is 310 g/mol. The Kier molecular flexibility index (Phi) is 5.76. The molecule has 5 heteroatoms. The summed E-state index contributed by atoms with van der Waals surface area (Å²) in [6.45, 7) is 9.81. The summed E-state index contributed by atoms with van der Waals surface area (Å²) in [5.41, 5.74) is 0.779. The molecular weight excluding hydrogens is 284 g/mol. The average Bonchev–Trinajstić information content (AvgIpc) is 2.69. The van der Waals surface area contributed by atoms with Gasteiger partial charge in [0.1, 0.15) is 0 Å². The molecule has 2 heterocycles. The maximum absolute atomic E-state index is 11.0. The maximum Gasteiger partial charge on any atom is 0.309 e. The van der Waals surface area contributed by atoms with Crippen molar-refractivity contribution in [3.05, 3.63) is 15.6 Å². The fourth-order valence-corrected chi connectivity index (χ4v) is 4.52. The molecule has 1 aromatic rings. The maximum atomic E-state index is 11.0. The zero-order valence-corrected chi connectivity index (χ0v) is 14.1. The van der Waals surface area contributed by atoms with Gasteiger partial charge in [0.05, 0.1) is 17.1 Å². The molecule has 0 amide bonds. The van der Waals surface area contributed by atoms with Gasteiger partial charge in [-0.3, -0.25) is 9.69 Å². The summed E-state index contributed by atoms with van der Waals surface area (Å²) in [4.78, 5) is 19.2. The molecule has 21 heavy (non-hydrogen) atoms. The van der Waals surface area contributed by atoms with Crippen LogP contribution >= 0.6 is 11.3 Å². The number of hydrogen-bond donors (Lipinski definition) is 1. The molecule has 2 unspecified atom stereocenters. The number of aliphatic carboxylic acids is 1. The standard InChI is InChI=1S/C16H26N2O2S/c1-4-5-15-17-13(7-16(19)20)14(21-15)10-18-8-11(2)6-12(3)9-18/h11-12H,4-10H2,1-3H3,(H,19,20). The number of rotatable bonds is 6. The van der Waals surface area contributed by atoms with Crippen LogP contribution in [0.15, 0.2) is 0 Å². The van der Waals surface area contributed by atoms with Gasteiger partial charge in [-0.25, -0.2) is 4.98 Å². The summed E-state index contributed by atoms with van der Waals surface area (Å²) < 4.78 is 0. The van der Waals surface area contributed by atoms with E-state index in [0.717, 1.165) is 59.9 Å². The van der Waals surface area contributed by atoms with E-state index in [-0.39, 0.29) is 6.42 Å². The van der Waals surface area contributed by atoms with Gasteiger partial charge in [-0.15, -0.1) is 11.3 Å². The monoisotopic (exact) mass is 310 g/mol. The Morgan fingerprint density at radius 1 is 1.38 bits per heavy atom. The number of carbonyl (C=O) groups is 1. The smallest absolute Gasteiger partial charge is 0.309 e. The highest BCUT2D eigenvalue weighted by atomic mass is 32.1. The van der Waals surface area contributed by atoms with Crippen LogP contribution in [-0.2, 0) is 24.2 Å². The van der Waals surface area contributed by atoms with E-state index in [2.05, 4.69) is 30.7 Å². The molecule has 2 rings (SSSR count). The number of hydrogen-bond acceptors (Lipinski definition) is 4. The number of piperidine rings is 1. The summed E-state index contributed by atoms with van der Waals surface area (Å²) in [5.74, 6) is 0.657. The minimum Gasteiger partial charge on any atom is -0.481 e. The molecule has 1 aromatic heterocycles. The van der Waals surface area contributed by atoms with E-state index in [9.17, 15) is 4.79 Å². The van der Waals surface area contributed by atoms with Gasteiger partial charge >= 0.3 is 5.97 Å². The summed E-state index contributed by atoms with van der Waals surface area (Å²) in [7, 11) is 0. The highest BCUT2D eigenvalue weighted by molar-refractivity contribution is 7.11. The predicted molar refractivity (Wildman–Crippen MR) is 85.7 cm³/mol. The van der Waals surface area contributed by atoms with Crippen molar-refractivity contribution in [3.63, 3.8) is 0 Å². The van der Waals surface area contributed by atoms with E-state index in [1.165, 1.54) is 6.42 Å². The summed E-state index contributed by atoms with van der Waals surface area (Å²) in [6.07, 6.45) is 3.35. The van der Waals surface area contributed by atoms with Crippen LogP contribution in [0.2, 0.25) is 0 Å². The van der Waals surface area contributed by atoms with Gasteiger partial charge < -0.3 is 5.11 Å². The van der Waals surface area contributed by atoms with E-state index < -0.39 is 5.97 Å². The topological polar surface area (TPSA) is 53.4 Å². The molecule has 0 aliphatic carbocycles. The molecule has 1 aliphatic rings. The molecule has 0 spiro atoms. The minimum atomic E-state index is -0.787. The van der Waals surface area contributed by atoms with Gasteiger partial charge in [0, 0.05) is 24.5 Å². The van der Waals surface area contributed by atoms with Crippen LogP contribution < -0.4 is 0 Å². The molecule has 1 N–H and O–H groups in total. The third kappa shape index (κ3) is 4.78. The molecular formula is C16H26N2O2S. The first-order chi connectivity index (χ1) is 9.97. The highest BCUT2D eigenvalue weighted by Gasteiger charge is 2.24. The molecule has 1 fully saturated rings. The van der Waals surface area contributed by atoms with Crippen molar-refractivity contribution in [2.45, 2.75) is 53.0 Å². The molecule has 1 saturated heterocycles. The number of likely N-dealkylation sites (tertiary alicyclic amines) is 1. The van der Waals surface area contributed by atoms with Crippen molar-refractivity contribution in [1.29, 1.82) is 0 Å². The second kappa shape index (κ2) is 7.36. The van der Waals surface area contributed by atoms with E-state index in [1.807, 2.05) is 0 Å². The van der Waals surface area contributed by atoms with Crippen LogP contribution in [0.25, 0.3) is 0 Å². The Hall–Kier alpha value is -0.940. The van der Waals surface area contributed by atoms with Crippen molar-refractivity contribution in [2.24, 2.45) is 11.8 Å². The van der Waals surface area contributed by atoms with Gasteiger partial charge in [0.2, 0.25) is 0 Å². The highest BCUT2D eigenvalue weighted by Crippen LogP contribution is 2.27. The Balaban J connectivity index is 2.11. The van der Waals surface area contributed by atoms with Crippen LogP contribution in [-0.4, -0.2) is 34.0 Å². The fourth-order valence-electron chi connectivity index (χ4n) is 3.29. The molecule has 0 radical (unpaired) electrons. The minimum absolute atomic E-state index is 0.0501. The lowest BCUT2D eigenvalue weighted by Crippen LogP contribution is -2.38. The predicted octanol–water partition coefficient (Wildman–Crippen LogP) is 3.20. The zero-order chi connectivity index (χ0) is 15.4. The van der Waals surface area contributed by atoms with Crippen molar-refractivity contribution in [2.75, 3.05) is 13.1 Å². The van der Waals surface area contributed by atoms with E-state index >= 15 is 0 Å². The molecule has 0 bridgehead atoms. The third-order valence-corrected chi connectivity index (χ3v) is 5.06. The van der Waals surface area contributed by atoms with Crippen molar-refractivity contribution in [1.82, 2.24) is 9.88 Å². The zero-order valence-electron chi connectivity index (χ0n) is 13.3. The number of carboxylic acid groups (broad SMARTS) is 1. The van der Waals surface area contributed by atoms with Gasteiger partial charge in [-0.1, -0.05) is 20.8 Å². The van der Waals surface area contributed by atoms with Gasteiger partial charge in [-0.05, 0) is 31.1 Å². The Morgan fingerprint density at radius 2 is 2.05 bits per heavy atom. The molecule has 0 aromatic carbocycles. The summed E-state index contributed by atoms with van der Waals surface area (Å²) in [6, 6.07) is 0. The van der Waals surface area contributed by atoms with Crippen LogP contribution in [0.5, 0.6) is 0 Å². The van der Waals surface area contributed by atoms with Crippen molar-refractivity contribution >= 4 is 17.3 Å². The fraction of sp³-hybridized carbons (Fsp3) is 0.750. The Bertz CT molecular complexity index is 477. The quantitative estimate of drug-likeness (QED) is 0.876. The number of aryl methyl sites for hydroxylation is 1. The number of nitrogens with zero attached hydrogens (tertiary/aromatic N) is 2. The summed E-state index contributed by atoms with van der Waals surface area (Å²) >= 11 is 1.71. The lowest BCUT2D eigenvalue weighted by atomic mass is 9.92. The second-order valence-corrected chi connectivity index (χ2v) is 7.61. The van der Waals surface area contributed by atoms with Gasteiger partial charge in [-0.2, -0.15) is 0 Å². The molecule has 1 aliphatic heterocycles. The normalized spacial score (nSPS) is 23.4.